The molecule has 0 radical (unpaired) electrons. The van der Waals surface area contributed by atoms with Crippen molar-refractivity contribution in [1.29, 1.82) is 0 Å². The van der Waals surface area contributed by atoms with E-state index in [0.717, 1.165) is 19.5 Å². The van der Waals surface area contributed by atoms with Crippen molar-refractivity contribution in [3.8, 4) is 6.01 Å². The standard InChI is InChI=1S/C10H15N3O/c1-8-7-11-6-3-9(8)14-10-12-4-2-5-13-10/h2,4-5,8-9,11H,3,6-7H2,1H3/t8-,9+/m0/s1. The van der Waals surface area contributed by atoms with Crippen LogP contribution < -0.4 is 10.1 Å². The maximum absolute atomic E-state index is 5.71. The number of hydrogen-bond acceptors (Lipinski definition) is 4. The molecule has 0 amide bonds. The number of aromatic nitrogens is 2. The van der Waals surface area contributed by atoms with Crippen molar-refractivity contribution < 1.29 is 4.74 Å². The molecule has 0 unspecified atom stereocenters. The number of nitrogens with zero attached hydrogens (tertiary/aromatic N) is 2. The maximum Gasteiger partial charge on any atom is 0.316 e. The van der Waals surface area contributed by atoms with Crippen LogP contribution in [0.5, 0.6) is 6.01 Å². The van der Waals surface area contributed by atoms with Gasteiger partial charge in [0, 0.05) is 24.9 Å². The zero-order chi connectivity index (χ0) is 9.80. The molecule has 1 aliphatic rings. The highest BCUT2D eigenvalue weighted by Gasteiger charge is 2.23. The van der Waals surface area contributed by atoms with E-state index in [4.69, 9.17) is 4.74 Å². The van der Waals surface area contributed by atoms with Crippen molar-refractivity contribution in [3.05, 3.63) is 18.5 Å². The molecule has 76 valence electrons. The van der Waals surface area contributed by atoms with Crippen molar-refractivity contribution in [3.63, 3.8) is 0 Å². The highest BCUT2D eigenvalue weighted by molar-refractivity contribution is 4.95. The fourth-order valence-electron chi connectivity index (χ4n) is 1.65. The molecule has 4 nitrogen and oxygen atoms in total. The first kappa shape index (κ1) is 9.40. The van der Waals surface area contributed by atoms with Crippen molar-refractivity contribution in [2.45, 2.75) is 19.4 Å². The van der Waals surface area contributed by atoms with Crippen LogP contribution in [0.2, 0.25) is 0 Å². The lowest BCUT2D eigenvalue weighted by molar-refractivity contribution is 0.101. The smallest absolute Gasteiger partial charge is 0.316 e. The Morgan fingerprint density at radius 3 is 2.93 bits per heavy atom. The molecule has 0 saturated carbocycles. The summed E-state index contributed by atoms with van der Waals surface area (Å²) in [7, 11) is 0. The molecule has 2 heterocycles. The van der Waals surface area contributed by atoms with Gasteiger partial charge in [0.15, 0.2) is 0 Å². The number of ether oxygens (including phenoxy) is 1. The van der Waals surface area contributed by atoms with Crippen LogP contribution in [0.15, 0.2) is 18.5 Å². The fraction of sp³-hybridized carbons (Fsp3) is 0.600. The molecule has 14 heavy (non-hydrogen) atoms. The predicted molar refractivity (Wildman–Crippen MR) is 53.1 cm³/mol. The third-order valence-electron chi connectivity index (χ3n) is 2.51. The maximum atomic E-state index is 5.71. The Morgan fingerprint density at radius 2 is 2.21 bits per heavy atom. The average molecular weight is 193 g/mol. The van der Waals surface area contributed by atoms with Crippen LogP contribution >= 0.6 is 0 Å². The van der Waals surface area contributed by atoms with Crippen molar-refractivity contribution in [2.24, 2.45) is 5.92 Å². The predicted octanol–water partition coefficient (Wildman–Crippen LogP) is 0.853. The summed E-state index contributed by atoms with van der Waals surface area (Å²) in [6.45, 7) is 4.21. The third kappa shape index (κ3) is 2.20. The van der Waals surface area contributed by atoms with Gasteiger partial charge in [-0.3, -0.25) is 0 Å². The van der Waals surface area contributed by atoms with E-state index in [1.54, 1.807) is 18.5 Å². The number of rotatable bonds is 2. The van der Waals surface area contributed by atoms with Gasteiger partial charge in [-0.25, -0.2) is 9.97 Å². The molecule has 1 N–H and O–H groups in total. The van der Waals surface area contributed by atoms with Crippen molar-refractivity contribution >= 4 is 0 Å². The van der Waals surface area contributed by atoms with Crippen LogP contribution in [0.25, 0.3) is 0 Å². The topological polar surface area (TPSA) is 47.0 Å². The fourth-order valence-corrected chi connectivity index (χ4v) is 1.65. The summed E-state index contributed by atoms with van der Waals surface area (Å²) in [4.78, 5) is 8.11. The van der Waals surface area contributed by atoms with Gasteiger partial charge in [0.25, 0.3) is 0 Å². The molecule has 2 rings (SSSR count). The normalized spacial score (nSPS) is 27.2. The van der Waals surface area contributed by atoms with E-state index in [0.29, 0.717) is 11.9 Å². The molecule has 1 saturated heterocycles. The minimum atomic E-state index is 0.249. The van der Waals surface area contributed by atoms with Crippen molar-refractivity contribution in [1.82, 2.24) is 15.3 Å². The van der Waals surface area contributed by atoms with Gasteiger partial charge in [-0.2, -0.15) is 0 Å². The summed E-state index contributed by atoms with van der Waals surface area (Å²) >= 11 is 0. The first-order valence-corrected chi connectivity index (χ1v) is 5.00. The minimum absolute atomic E-state index is 0.249. The van der Waals surface area contributed by atoms with E-state index in [1.807, 2.05) is 0 Å². The first-order valence-electron chi connectivity index (χ1n) is 5.00. The summed E-state index contributed by atoms with van der Waals surface area (Å²) in [5.41, 5.74) is 0. The van der Waals surface area contributed by atoms with Gasteiger partial charge in [0.2, 0.25) is 0 Å². The molecular formula is C10H15N3O. The van der Waals surface area contributed by atoms with Gasteiger partial charge in [-0.15, -0.1) is 0 Å². The van der Waals surface area contributed by atoms with E-state index in [9.17, 15) is 0 Å². The van der Waals surface area contributed by atoms with E-state index in [-0.39, 0.29) is 6.10 Å². The lowest BCUT2D eigenvalue weighted by atomic mass is 9.98. The van der Waals surface area contributed by atoms with E-state index in [2.05, 4.69) is 22.2 Å². The summed E-state index contributed by atoms with van der Waals surface area (Å²) in [6.07, 6.45) is 4.68. The highest BCUT2D eigenvalue weighted by Crippen LogP contribution is 2.15. The van der Waals surface area contributed by atoms with Gasteiger partial charge >= 0.3 is 6.01 Å². The highest BCUT2D eigenvalue weighted by atomic mass is 16.5. The lowest BCUT2D eigenvalue weighted by Gasteiger charge is -2.28. The molecule has 1 aromatic heterocycles. The Labute approximate surface area is 83.7 Å². The van der Waals surface area contributed by atoms with Crippen LogP contribution in [-0.2, 0) is 0 Å². The second-order valence-electron chi connectivity index (χ2n) is 3.66. The molecule has 0 bridgehead atoms. The van der Waals surface area contributed by atoms with E-state index < -0.39 is 0 Å². The molecule has 1 aromatic rings. The molecule has 0 spiro atoms. The van der Waals surface area contributed by atoms with Gasteiger partial charge in [0.05, 0.1) is 0 Å². The Bertz CT molecular complexity index is 278. The van der Waals surface area contributed by atoms with Crippen LogP contribution in [0.1, 0.15) is 13.3 Å². The summed E-state index contributed by atoms with van der Waals surface area (Å²) in [5, 5.41) is 3.33. The minimum Gasteiger partial charge on any atom is -0.460 e. The SMILES string of the molecule is C[C@H]1CNCC[C@H]1Oc1ncccn1. The summed E-state index contributed by atoms with van der Waals surface area (Å²) in [5.74, 6) is 0.521. The lowest BCUT2D eigenvalue weighted by Crippen LogP contribution is -2.41. The molecule has 2 atom stereocenters. The van der Waals surface area contributed by atoms with Crippen molar-refractivity contribution in [2.75, 3.05) is 13.1 Å². The Balaban J connectivity index is 1.96. The molecule has 1 fully saturated rings. The average Bonchev–Trinajstić information content (AvgIpc) is 2.23. The summed E-state index contributed by atoms with van der Waals surface area (Å²) < 4.78 is 5.71. The van der Waals surface area contributed by atoms with Crippen LogP contribution in [0.4, 0.5) is 0 Å². The van der Waals surface area contributed by atoms with Gasteiger partial charge in [0.1, 0.15) is 6.10 Å². The van der Waals surface area contributed by atoms with Crippen LogP contribution in [0.3, 0.4) is 0 Å². The largest absolute Gasteiger partial charge is 0.460 e. The summed E-state index contributed by atoms with van der Waals surface area (Å²) in [6, 6.07) is 2.28. The van der Waals surface area contributed by atoms with Gasteiger partial charge in [-0.05, 0) is 19.0 Å². The monoisotopic (exact) mass is 193 g/mol. The quantitative estimate of drug-likeness (QED) is 0.756. The second kappa shape index (κ2) is 4.37. The van der Waals surface area contributed by atoms with Crippen LogP contribution in [-0.4, -0.2) is 29.2 Å². The Kier molecular flexibility index (Phi) is 2.93. The van der Waals surface area contributed by atoms with Gasteiger partial charge in [-0.1, -0.05) is 6.92 Å². The number of nitrogens with one attached hydrogen (secondary N) is 1. The Hall–Kier alpha value is -1.16. The number of piperidine rings is 1. The zero-order valence-corrected chi connectivity index (χ0v) is 8.31. The third-order valence-corrected chi connectivity index (χ3v) is 2.51. The number of hydrogen-bond donors (Lipinski definition) is 1. The first-order chi connectivity index (χ1) is 6.86. The Morgan fingerprint density at radius 1 is 1.43 bits per heavy atom. The molecule has 0 aromatic carbocycles. The second-order valence-corrected chi connectivity index (χ2v) is 3.66. The van der Waals surface area contributed by atoms with E-state index >= 15 is 0 Å². The zero-order valence-electron chi connectivity index (χ0n) is 8.31. The van der Waals surface area contributed by atoms with E-state index in [1.165, 1.54) is 0 Å². The van der Waals surface area contributed by atoms with Gasteiger partial charge < -0.3 is 10.1 Å². The molecular weight excluding hydrogens is 178 g/mol. The molecule has 4 heteroatoms. The van der Waals surface area contributed by atoms with Crippen LogP contribution in [0, 0.1) is 5.92 Å². The molecule has 1 aliphatic heterocycles. The molecule has 0 aliphatic carbocycles.